The Balaban J connectivity index is 1.94. The quantitative estimate of drug-likeness (QED) is 0.869. The van der Waals surface area contributed by atoms with E-state index < -0.39 is 0 Å². The first-order chi connectivity index (χ1) is 9.54. The molecule has 0 radical (unpaired) electrons. The summed E-state index contributed by atoms with van der Waals surface area (Å²) < 4.78 is 6.66. The highest BCUT2D eigenvalue weighted by molar-refractivity contribution is 9.10. The van der Waals surface area contributed by atoms with Crippen molar-refractivity contribution in [2.75, 3.05) is 13.1 Å². The topological polar surface area (TPSA) is 45.3 Å². The molecule has 1 amide bonds. The SMILES string of the molecule is C[C@@H]1CN(C(=O)c2c[nH]c3ccc(Br)cc23)C[C@@H](C)O1. The molecule has 3 rings (SSSR count). The molecule has 106 valence electrons. The molecule has 0 saturated carbocycles. The van der Waals surface area contributed by atoms with Crippen LogP contribution >= 0.6 is 15.9 Å². The largest absolute Gasteiger partial charge is 0.372 e. The number of aromatic nitrogens is 1. The average molecular weight is 337 g/mol. The van der Waals surface area contributed by atoms with Gasteiger partial charge in [0.2, 0.25) is 0 Å². The standard InChI is InChI=1S/C15H17BrN2O2/c1-9-7-18(8-10(2)20-9)15(19)13-6-17-14-4-3-11(16)5-12(13)14/h3-6,9-10,17H,7-8H2,1-2H3/t9-,10-/m1/s1. The van der Waals surface area contributed by atoms with Crippen LogP contribution in [-0.4, -0.2) is 41.1 Å². The van der Waals surface area contributed by atoms with Gasteiger partial charge in [0.05, 0.1) is 17.8 Å². The van der Waals surface area contributed by atoms with E-state index in [9.17, 15) is 4.79 Å². The van der Waals surface area contributed by atoms with E-state index in [1.165, 1.54) is 0 Å². The molecule has 4 nitrogen and oxygen atoms in total. The summed E-state index contributed by atoms with van der Waals surface area (Å²) >= 11 is 3.46. The van der Waals surface area contributed by atoms with Crippen molar-refractivity contribution < 1.29 is 9.53 Å². The molecule has 2 aromatic rings. The summed E-state index contributed by atoms with van der Waals surface area (Å²) in [5.74, 6) is 0.0661. The molecule has 1 aromatic heterocycles. The number of fused-ring (bicyclic) bond motifs is 1. The van der Waals surface area contributed by atoms with Gasteiger partial charge in [-0.15, -0.1) is 0 Å². The second kappa shape index (κ2) is 5.22. The zero-order chi connectivity index (χ0) is 14.3. The minimum atomic E-state index is 0.0661. The van der Waals surface area contributed by atoms with Gasteiger partial charge in [-0.3, -0.25) is 4.79 Å². The first-order valence-corrected chi connectivity index (χ1v) is 7.55. The number of morpholine rings is 1. The molecule has 0 bridgehead atoms. The van der Waals surface area contributed by atoms with Gasteiger partial charge in [0, 0.05) is 34.7 Å². The molecule has 2 heterocycles. The number of nitrogens with one attached hydrogen (secondary N) is 1. The summed E-state index contributed by atoms with van der Waals surface area (Å²) in [6, 6.07) is 5.92. The van der Waals surface area contributed by atoms with E-state index in [2.05, 4.69) is 20.9 Å². The Hall–Kier alpha value is -1.33. The third-order valence-electron chi connectivity index (χ3n) is 3.58. The van der Waals surface area contributed by atoms with Crippen molar-refractivity contribution >= 4 is 32.7 Å². The van der Waals surface area contributed by atoms with Gasteiger partial charge < -0.3 is 14.6 Å². The molecule has 1 aliphatic heterocycles. The highest BCUT2D eigenvalue weighted by Gasteiger charge is 2.27. The summed E-state index contributed by atoms with van der Waals surface area (Å²) in [6.45, 7) is 5.29. The van der Waals surface area contributed by atoms with Gasteiger partial charge in [-0.25, -0.2) is 0 Å². The maximum Gasteiger partial charge on any atom is 0.256 e. The van der Waals surface area contributed by atoms with E-state index in [1.54, 1.807) is 6.20 Å². The van der Waals surface area contributed by atoms with Gasteiger partial charge >= 0.3 is 0 Å². The highest BCUT2D eigenvalue weighted by Crippen LogP contribution is 2.24. The summed E-state index contributed by atoms with van der Waals surface area (Å²) in [4.78, 5) is 17.7. The van der Waals surface area contributed by atoms with Crippen LogP contribution in [-0.2, 0) is 4.74 Å². The van der Waals surface area contributed by atoms with E-state index in [0.29, 0.717) is 13.1 Å². The van der Waals surface area contributed by atoms with E-state index in [0.717, 1.165) is 20.9 Å². The number of halogens is 1. The third kappa shape index (κ3) is 2.47. The van der Waals surface area contributed by atoms with Crippen LogP contribution in [0.4, 0.5) is 0 Å². The van der Waals surface area contributed by atoms with E-state index in [1.807, 2.05) is 36.9 Å². The third-order valence-corrected chi connectivity index (χ3v) is 4.07. The van der Waals surface area contributed by atoms with Crippen molar-refractivity contribution in [1.29, 1.82) is 0 Å². The van der Waals surface area contributed by atoms with Crippen LogP contribution in [0.1, 0.15) is 24.2 Å². The fraction of sp³-hybridized carbons (Fsp3) is 0.400. The fourth-order valence-electron chi connectivity index (χ4n) is 2.78. The maximum absolute atomic E-state index is 12.7. The molecule has 5 heteroatoms. The second-order valence-electron chi connectivity index (χ2n) is 5.36. The molecule has 0 unspecified atom stereocenters. The summed E-state index contributed by atoms with van der Waals surface area (Å²) in [6.07, 6.45) is 1.96. The smallest absolute Gasteiger partial charge is 0.256 e. The zero-order valence-electron chi connectivity index (χ0n) is 11.5. The molecule has 1 aliphatic rings. The predicted octanol–water partition coefficient (Wildman–Crippen LogP) is 3.18. The Bertz CT molecular complexity index is 642. The van der Waals surface area contributed by atoms with Gasteiger partial charge in [0.25, 0.3) is 5.91 Å². The molecule has 1 saturated heterocycles. The average Bonchev–Trinajstić information content (AvgIpc) is 2.79. The second-order valence-corrected chi connectivity index (χ2v) is 6.28. The van der Waals surface area contributed by atoms with Crippen molar-refractivity contribution in [1.82, 2.24) is 9.88 Å². The van der Waals surface area contributed by atoms with Gasteiger partial charge in [-0.2, -0.15) is 0 Å². The summed E-state index contributed by atoms with van der Waals surface area (Å²) in [5.41, 5.74) is 1.70. The normalized spacial score (nSPS) is 23.2. The summed E-state index contributed by atoms with van der Waals surface area (Å²) in [7, 11) is 0. The molecular formula is C15H17BrN2O2. The minimum Gasteiger partial charge on any atom is -0.372 e. The van der Waals surface area contributed by atoms with Crippen LogP contribution < -0.4 is 0 Å². The molecular weight excluding hydrogens is 320 g/mol. The lowest BCUT2D eigenvalue weighted by atomic mass is 10.1. The molecule has 1 fully saturated rings. The molecule has 20 heavy (non-hydrogen) atoms. The van der Waals surface area contributed by atoms with Crippen molar-refractivity contribution in [3.63, 3.8) is 0 Å². The number of amides is 1. The number of rotatable bonds is 1. The first-order valence-electron chi connectivity index (χ1n) is 6.76. The van der Waals surface area contributed by atoms with Gasteiger partial charge in [0.1, 0.15) is 0 Å². The number of hydrogen-bond donors (Lipinski definition) is 1. The first kappa shape index (κ1) is 13.6. The number of benzene rings is 1. The number of H-pyrrole nitrogens is 1. The lowest BCUT2D eigenvalue weighted by Crippen LogP contribution is -2.48. The van der Waals surface area contributed by atoms with Crippen LogP contribution in [0.3, 0.4) is 0 Å². The molecule has 1 aromatic carbocycles. The minimum absolute atomic E-state index is 0.0661. The van der Waals surface area contributed by atoms with Gasteiger partial charge in [0.15, 0.2) is 0 Å². The maximum atomic E-state index is 12.7. The number of carbonyl (C=O) groups excluding carboxylic acids is 1. The van der Waals surface area contributed by atoms with Crippen LogP contribution in [0.25, 0.3) is 10.9 Å². The van der Waals surface area contributed by atoms with E-state index in [-0.39, 0.29) is 18.1 Å². The van der Waals surface area contributed by atoms with Crippen molar-refractivity contribution in [3.8, 4) is 0 Å². The van der Waals surface area contributed by atoms with Crippen LogP contribution in [0.2, 0.25) is 0 Å². The van der Waals surface area contributed by atoms with Gasteiger partial charge in [-0.1, -0.05) is 15.9 Å². The lowest BCUT2D eigenvalue weighted by molar-refractivity contribution is -0.0585. The number of ether oxygens (including phenoxy) is 1. The fourth-order valence-corrected chi connectivity index (χ4v) is 3.14. The lowest BCUT2D eigenvalue weighted by Gasteiger charge is -2.35. The number of nitrogens with zero attached hydrogens (tertiary/aromatic N) is 1. The monoisotopic (exact) mass is 336 g/mol. The molecule has 1 N–H and O–H groups in total. The van der Waals surface area contributed by atoms with Crippen molar-refractivity contribution in [3.05, 3.63) is 34.4 Å². The molecule has 2 atom stereocenters. The van der Waals surface area contributed by atoms with Crippen molar-refractivity contribution in [2.24, 2.45) is 0 Å². The zero-order valence-corrected chi connectivity index (χ0v) is 13.1. The van der Waals surface area contributed by atoms with Crippen molar-refractivity contribution in [2.45, 2.75) is 26.1 Å². The Kier molecular flexibility index (Phi) is 3.56. The number of hydrogen-bond acceptors (Lipinski definition) is 2. The Labute approximate surface area is 126 Å². The van der Waals surface area contributed by atoms with Crippen LogP contribution in [0.5, 0.6) is 0 Å². The molecule has 0 spiro atoms. The number of carbonyl (C=O) groups is 1. The highest BCUT2D eigenvalue weighted by atomic mass is 79.9. The Morgan fingerprint density at radius 1 is 1.35 bits per heavy atom. The van der Waals surface area contributed by atoms with E-state index in [4.69, 9.17) is 4.74 Å². The van der Waals surface area contributed by atoms with Crippen LogP contribution in [0.15, 0.2) is 28.9 Å². The summed E-state index contributed by atoms with van der Waals surface area (Å²) in [5, 5.41) is 0.955. The van der Waals surface area contributed by atoms with Gasteiger partial charge in [-0.05, 0) is 32.0 Å². The number of aromatic amines is 1. The van der Waals surface area contributed by atoms with E-state index >= 15 is 0 Å². The molecule has 0 aliphatic carbocycles. The van der Waals surface area contributed by atoms with Crippen LogP contribution in [0, 0.1) is 0 Å². The predicted molar refractivity (Wildman–Crippen MR) is 81.9 cm³/mol. The Morgan fingerprint density at radius 2 is 2.05 bits per heavy atom. The Morgan fingerprint density at radius 3 is 2.75 bits per heavy atom.